The van der Waals surface area contributed by atoms with Gasteiger partial charge in [0.2, 0.25) is 5.89 Å². The number of aryl methyl sites for hydroxylation is 1. The minimum absolute atomic E-state index is 0.114. The number of rotatable bonds is 5. The van der Waals surface area contributed by atoms with Gasteiger partial charge in [0.25, 0.3) is 5.89 Å². The van der Waals surface area contributed by atoms with E-state index in [0.29, 0.717) is 16.8 Å². The van der Waals surface area contributed by atoms with Gasteiger partial charge >= 0.3 is 0 Å². The number of hydrogen-bond donors (Lipinski definition) is 0. The van der Waals surface area contributed by atoms with Gasteiger partial charge in [0.05, 0.1) is 6.21 Å². The van der Waals surface area contributed by atoms with Gasteiger partial charge in [-0.05, 0) is 42.3 Å². The first-order valence-electron chi connectivity index (χ1n) is 7.01. The first kappa shape index (κ1) is 15.2. The third-order valence-electron chi connectivity index (χ3n) is 3.20. The van der Waals surface area contributed by atoms with E-state index in [9.17, 15) is 0 Å². The van der Waals surface area contributed by atoms with Crippen molar-refractivity contribution in [2.75, 3.05) is 0 Å². The Morgan fingerprint density at radius 2 is 1.91 bits per heavy atom. The standard InChI is InChI=1S/C17H14ClN3O2/c1-12-4-2-3-5-14(12)10-19-22-11-16-20-21-17(23-16)13-6-8-15(18)9-7-13/h2-10H,11H2,1H3/b19-10-. The van der Waals surface area contributed by atoms with E-state index in [1.165, 1.54) is 0 Å². The summed E-state index contributed by atoms with van der Waals surface area (Å²) in [4.78, 5) is 5.20. The highest BCUT2D eigenvalue weighted by molar-refractivity contribution is 6.30. The van der Waals surface area contributed by atoms with Crippen LogP contribution in [0.3, 0.4) is 0 Å². The maximum atomic E-state index is 5.85. The van der Waals surface area contributed by atoms with Crippen LogP contribution in [-0.4, -0.2) is 16.4 Å². The highest BCUT2D eigenvalue weighted by atomic mass is 35.5. The predicted octanol–water partition coefficient (Wildman–Crippen LogP) is 4.25. The van der Waals surface area contributed by atoms with Gasteiger partial charge in [-0.2, -0.15) is 0 Å². The normalized spacial score (nSPS) is 11.0. The fourth-order valence-electron chi connectivity index (χ4n) is 1.94. The van der Waals surface area contributed by atoms with Crippen LogP contribution in [0.1, 0.15) is 17.0 Å². The van der Waals surface area contributed by atoms with Gasteiger partial charge in [0.15, 0.2) is 6.61 Å². The molecule has 0 N–H and O–H groups in total. The zero-order valence-electron chi connectivity index (χ0n) is 12.4. The minimum Gasteiger partial charge on any atom is -0.417 e. The van der Waals surface area contributed by atoms with Gasteiger partial charge in [-0.25, -0.2) is 0 Å². The average Bonchev–Trinajstić information content (AvgIpc) is 3.03. The molecule has 0 spiro atoms. The lowest BCUT2D eigenvalue weighted by Crippen LogP contribution is -1.90. The summed E-state index contributed by atoms with van der Waals surface area (Å²) in [7, 11) is 0. The van der Waals surface area contributed by atoms with Crippen LogP contribution in [0.15, 0.2) is 58.1 Å². The monoisotopic (exact) mass is 327 g/mol. The highest BCUT2D eigenvalue weighted by Gasteiger charge is 2.08. The SMILES string of the molecule is Cc1ccccc1/C=N\OCc1nnc(-c2ccc(Cl)cc2)o1. The molecule has 23 heavy (non-hydrogen) atoms. The highest BCUT2D eigenvalue weighted by Crippen LogP contribution is 2.20. The smallest absolute Gasteiger partial charge is 0.257 e. The molecule has 3 rings (SSSR count). The van der Waals surface area contributed by atoms with E-state index in [-0.39, 0.29) is 6.61 Å². The molecule has 0 aliphatic carbocycles. The molecule has 0 amide bonds. The maximum absolute atomic E-state index is 5.85. The van der Waals surface area contributed by atoms with Crippen LogP contribution in [0.25, 0.3) is 11.5 Å². The minimum atomic E-state index is 0.114. The average molecular weight is 328 g/mol. The number of benzene rings is 2. The largest absolute Gasteiger partial charge is 0.417 e. The molecule has 116 valence electrons. The van der Waals surface area contributed by atoms with Crippen LogP contribution in [0, 0.1) is 6.92 Å². The molecule has 0 saturated heterocycles. The third kappa shape index (κ3) is 3.96. The van der Waals surface area contributed by atoms with Crippen LogP contribution in [0.5, 0.6) is 0 Å². The molecule has 6 heteroatoms. The van der Waals surface area contributed by atoms with Gasteiger partial charge in [0, 0.05) is 10.6 Å². The van der Waals surface area contributed by atoms with Crippen molar-refractivity contribution in [3.8, 4) is 11.5 Å². The topological polar surface area (TPSA) is 60.5 Å². The van der Waals surface area contributed by atoms with Gasteiger partial charge in [0.1, 0.15) is 0 Å². The first-order valence-corrected chi connectivity index (χ1v) is 7.39. The summed E-state index contributed by atoms with van der Waals surface area (Å²) in [5.74, 6) is 0.778. The Morgan fingerprint density at radius 1 is 1.13 bits per heavy atom. The van der Waals surface area contributed by atoms with Crippen molar-refractivity contribution >= 4 is 17.8 Å². The number of nitrogens with zero attached hydrogens (tertiary/aromatic N) is 3. The second-order valence-electron chi connectivity index (χ2n) is 4.87. The molecule has 0 radical (unpaired) electrons. The summed E-state index contributed by atoms with van der Waals surface area (Å²) in [5, 5.41) is 12.5. The molecule has 5 nitrogen and oxygen atoms in total. The quantitative estimate of drug-likeness (QED) is 0.519. The lowest BCUT2D eigenvalue weighted by Gasteiger charge is -1.98. The molecule has 0 bridgehead atoms. The Labute approximate surface area is 138 Å². The summed E-state index contributed by atoms with van der Waals surface area (Å²) in [5.41, 5.74) is 2.93. The second kappa shape index (κ2) is 7.07. The fraction of sp³-hybridized carbons (Fsp3) is 0.118. The Morgan fingerprint density at radius 3 is 2.70 bits per heavy atom. The van der Waals surface area contributed by atoms with Gasteiger partial charge in [-0.15, -0.1) is 10.2 Å². The summed E-state index contributed by atoms with van der Waals surface area (Å²) in [6.07, 6.45) is 1.66. The van der Waals surface area contributed by atoms with Crippen molar-refractivity contribution in [1.82, 2.24) is 10.2 Å². The molecule has 1 heterocycles. The summed E-state index contributed by atoms with van der Waals surface area (Å²) >= 11 is 5.85. The third-order valence-corrected chi connectivity index (χ3v) is 3.45. The molecule has 2 aromatic carbocycles. The Balaban J connectivity index is 1.59. The molecule has 0 saturated carbocycles. The number of oxime groups is 1. The van der Waals surface area contributed by atoms with E-state index in [0.717, 1.165) is 16.7 Å². The van der Waals surface area contributed by atoms with E-state index in [1.807, 2.05) is 43.3 Å². The Hall–Kier alpha value is -2.66. The second-order valence-corrected chi connectivity index (χ2v) is 5.31. The zero-order chi connectivity index (χ0) is 16.1. The van der Waals surface area contributed by atoms with Crippen molar-refractivity contribution in [3.63, 3.8) is 0 Å². The molecule has 0 atom stereocenters. The van der Waals surface area contributed by atoms with Crippen molar-refractivity contribution in [1.29, 1.82) is 0 Å². The van der Waals surface area contributed by atoms with Gasteiger partial charge < -0.3 is 9.25 Å². The number of hydrogen-bond acceptors (Lipinski definition) is 5. The lowest BCUT2D eigenvalue weighted by atomic mass is 10.1. The molecule has 0 aliphatic rings. The molecular formula is C17H14ClN3O2. The first-order chi connectivity index (χ1) is 11.2. The number of halogens is 1. The van der Waals surface area contributed by atoms with Crippen molar-refractivity contribution in [3.05, 3.63) is 70.6 Å². The van der Waals surface area contributed by atoms with Gasteiger partial charge in [-0.1, -0.05) is 41.0 Å². The summed E-state index contributed by atoms with van der Waals surface area (Å²) in [6, 6.07) is 15.1. The van der Waals surface area contributed by atoms with Crippen molar-refractivity contribution in [2.45, 2.75) is 13.5 Å². The Kier molecular flexibility index (Phi) is 4.68. The van der Waals surface area contributed by atoms with Gasteiger partial charge in [-0.3, -0.25) is 0 Å². The van der Waals surface area contributed by atoms with Crippen LogP contribution >= 0.6 is 11.6 Å². The van der Waals surface area contributed by atoms with E-state index < -0.39 is 0 Å². The summed E-state index contributed by atoms with van der Waals surface area (Å²) in [6.45, 7) is 2.13. The predicted molar refractivity (Wildman–Crippen MR) is 88.3 cm³/mol. The molecule has 0 aliphatic heterocycles. The van der Waals surface area contributed by atoms with E-state index in [4.69, 9.17) is 20.9 Å². The summed E-state index contributed by atoms with van der Waals surface area (Å²) < 4.78 is 5.52. The maximum Gasteiger partial charge on any atom is 0.257 e. The van der Waals surface area contributed by atoms with Crippen molar-refractivity contribution < 1.29 is 9.25 Å². The van der Waals surface area contributed by atoms with E-state index >= 15 is 0 Å². The Bertz CT molecular complexity index is 813. The number of aromatic nitrogens is 2. The van der Waals surface area contributed by atoms with Crippen LogP contribution < -0.4 is 0 Å². The fourth-order valence-corrected chi connectivity index (χ4v) is 2.07. The van der Waals surface area contributed by atoms with Crippen LogP contribution in [-0.2, 0) is 11.4 Å². The van der Waals surface area contributed by atoms with E-state index in [2.05, 4.69) is 15.4 Å². The molecule has 3 aromatic rings. The molecule has 0 unspecified atom stereocenters. The van der Waals surface area contributed by atoms with Crippen molar-refractivity contribution in [2.24, 2.45) is 5.16 Å². The van der Waals surface area contributed by atoms with Crippen LogP contribution in [0.4, 0.5) is 0 Å². The molecule has 0 fully saturated rings. The lowest BCUT2D eigenvalue weighted by molar-refractivity contribution is 0.112. The zero-order valence-corrected chi connectivity index (χ0v) is 13.2. The van der Waals surface area contributed by atoms with Crippen LogP contribution in [0.2, 0.25) is 5.02 Å². The molecule has 1 aromatic heterocycles. The molecular weight excluding hydrogens is 314 g/mol. The van der Waals surface area contributed by atoms with E-state index in [1.54, 1.807) is 18.3 Å².